The zero-order valence-corrected chi connectivity index (χ0v) is 14.6. The van der Waals surface area contributed by atoms with Crippen molar-refractivity contribution >= 4 is 5.91 Å². The molecule has 0 fully saturated rings. The second-order valence-electron chi connectivity index (χ2n) is 6.20. The van der Waals surface area contributed by atoms with E-state index in [9.17, 15) is 10.1 Å². The molecule has 4 nitrogen and oxygen atoms in total. The van der Waals surface area contributed by atoms with E-state index in [1.807, 2.05) is 66.7 Å². The molecule has 25 heavy (non-hydrogen) atoms. The summed E-state index contributed by atoms with van der Waals surface area (Å²) in [4.78, 5) is 12.6. The van der Waals surface area contributed by atoms with E-state index in [1.54, 1.807) is 0 Å². The third kappa shape index (κ3) is 5.50. The molecule has 2 N–H and O–H groups in total. The molecule has 1 amide bonds. The summed E-state index contributed by atoms with van der Waals surface area (Å²) in [5, 5.41) is 15.3. The topological polar surface area (TPSA) is 64.9 Å². The molecule has 0 unspecified atom stereocenters. The van der Waals surface area contributed by atoms with E-state index in [-0.39, 0.29) is 11.6 Å². The van der Waals surface area contributed by atoms with Crippen molar-refractivity contribution in [2.24, 2.45) is 5.92 Å². The highest BCUT2D eigenvalue weighted by Gasteiger charge is 2.18. The first-order chi connectivity index (χ1) is 12.1. The quantitative estimate of drug-likeness (QED) is 0.601. The fourth-order valence-electron chi connectivity index (χ4n) is 2.40. The van der Waals surface area contributed by atoms with Gasteiger partial charge >= 0.3 is 0 Å². The van der Waals surface area contributed by atoms with Crippen LogP contribution in [0.3, 0.4) is 0 Å². The van der Waals surface area contributed by atoms with E-state index in [1.165, 1.54) is 6.20 Å². The summed E-state index contributed by atoms with van der Waals surface area (Å²) in [6.45, 7) is 4.83. The zero-order chi connectivity index (χ0) is 18.1. The fraction of sp³-hybridized carbons (Fsp3) is 0.238. The summed E-state index contributed by atoms with van der Waals surface area (Å²) >= 11 is 0. The lowest BCUT2D eigenvalue weighted by molar-refractivity contribution is -0.117. The van der Waals surface area contributed by atoms with Crippen LogP contribution in [0.15, 0.2) is 72.4 Å². The monoisotopic (exact) mass is 333 g/mol. The van der Waals surface area contributed by atoms with Crippen LogP contribution in [0.4, 0.5) is 0 Å². The first-order valence-electron chi connectivity index (χ1n) is 8.36. The van der Waals surface area contributed by atoms with E-state index >= 15 is 0 Å². The number of benzene rings is 2. The van der Waals surface area contributed by atoms with E-state index in [4.69, 9.17) is 0 Å². The molecule has 2 aromatic carbocycles. The summed E-state index contributed by atoms with van der Waals surface area (Å²) < 4.78 is 0. The Morgan fingerprint density at radius 2 is 1.56 bits per heavy atom. The van der Waals surface area contributed by atoms with Gasteiger partial charge in [-0.2, -0.15) is 5.26 Å². The van der Waals surface area contributed by atoms with Gasteiger partial charge in [-0.3, -0.25) is 4.79 Å². The molecule has 0 aromatic heterocycles. The minimum absolute atomic E-state index is 0.0671. The molecule has 0 saturated carbocycles. The van der Waals surface area contributed by atoms with Gasteiger partial charge < -0.3 is 10.6 Å². The van der Waals surface area contributed by atoms with Crippen LogP contribution in [-0.2, 0) is 4.79 Å². The zero-order valence-electron chi connectivity index (χ0n) is 14.6. The van der Waals surface area contributed by atoms with Crippen LogP contribution in [0.25, 0.3) is 0 Å². The molecule has 0 bridgehead atoms. The largest absolute Gasteiger partial charge is 0.389 e. The van der Waals surface area contributed by atoms with Gasteiger partial charge in [-0.15, -0.1) is 0 Å². The first kappa shape index (κ1) is 18.3. The molecule has 0 radical (unpaired) electrons. The van der Waals surface area contributed by atoms with Gasteiger partial charge in [-0.25, -0.2) is 0 Å². The third-order valence-corrected chi connectivity index (χ3v) is 3.68. The molecule has 0 spiro atoms. The average molecular weight is 333 g/mol. The van der Waals surface area contributed by atoms with Crippen molar-refractivity contribution in [3.63, 3.8) is 0 Å². The lowest BCUT2D eigenvalue weighted by Crippen LogP contribution is -2.31. The lowest BCUT2D eigenvalue weighted by Gasteiger charge is -2.19. The van der Waals surface area contributed by atoms with Gasteiger partial charge in [0.2, 0.25) is 0 Å². The van der Waals surface area contributed by atoms with Crippen LogP contribution >= 0.6 is 0 Å². The van der Waals surface area contributed by atoms with Gasteiger partial charge in [-0.05, 0) is 17.0 Å². The highest BCUT2D eigenvalue weighted by atomic mass is 16.1. The second-order valence-corrected chi connectivity index (χ2v) is 6.20. The van der Waals surface area contributed by atoms with Gasteiger partial charge in [0.25, 0.3) is 5.91 Å². The Balaban J connectivity index is 2.22. The molecule has 4 heteroatoms. The van der Waals surface area contributed by atoms with Crippen molar-refractivity contribution in [3.05, 3.63) is 83.6 Å². The van der Waals surface area contributed by atoms with Crippen molar-refractivity contribution < 1.29 is 4.79 Å². The van der Waals surface area contributed by atoms with Crippen LogP contribution in [0.5, 0.6) is 0 Å². The van der Waals surface area contributed by atoms with E-state index in [2.05, 4.69) is 24.5 Å². The molecular formula is C21H23N3O. The SMILES string of the molecule is CC(C)CN/C=C(/C#N)C(=O)NC(c1ccccc1)c1ccccc1. The predicted molar refractivity (Wildman–Crippen MR) is 99.4 cm³/mol. The minimum atomic E-state index is -0.392. The van der Waals surface area contributed by atoms with Crippen LogP contribution in [-0.4, -0.2) is 12.5 Å². The summed E-state index contributed by atoms with van der Waals surface area (Å²) in [7, 11) is 0. The van der Waals surface area contributed by atoms with Crippen molar-refractivity contribution in [1.29, 1.82) is 5.26 Å². The van der Waals surface area contributed by atoms with Crippen LogP contribution < -0.4 is 10.6 Å². The third-order valence-electron chi connectivity index (χ3n) is 3.68. The van der Waals surface area contributed by atoms with Gasteiger partial charge in [-0.1, -0.05) is 74.5 Å². The Kier molecular flexibility index (Phi) is 6.79. The molecule has 0 aliphatic heterocycles. The molecule has 0 aliphatic carbocycles. The number of nitrogens with one attached hydrogen (secondary N) is 2. The standard InChI is InChI=1S/C21H23N3O/c1-16(2)14-23-15-19(13-22)21(25)24-20(17-9-5-3-6-10-17)18-11-7-4-8-12-18/h3-12,15-16,20,23H,14H2,1-2H3,(H,24,25)/b19-15-. The van der Waals surface area contributed by atoms with Crippen molar-refractivity contribution in [3.8, 4) is 6.07 Å². The van der Waals surface area contributed by atoms with E-state index < -0.39 is 5.91 Å². The van der Waals surface area contributed by atoms with Crippen LogP contribution in [0.1, 0.15) is 31.0 Å². The molecule has 0 heterocycles. The lowest BCUT2D eigenvalue weighted by atomic mass is 9.98. The second kappa shape index (κ2) is 9.29. The number of hydrogen-bond acceptors (Lipinski definition) is 3. The predicted octanol–water partition coefficient (Wildman–Crippen LogP) is 3.55. The molecule has 2 rings (SSSR count). The summed E-state index contributed by atoms with van der Waals surface area (Å²) in [6.07, 6.45) is 1.49. The Bertz CT molecular complexity index is 706. The molecule has 0 aliphatic rings. The molecule has 0 atom stereocenters. The maximum absolute atomic E-state index is 12.6. The van der Waals surface area contributed by atoms with Gasteiger partial charge in [0.05, 0.1) is 6.04 Å². The van der Waals surface area contributed by atoms with Crippen molar-refractivity contribution in [1.82, 2.24) is 10.6 Å². The van der Waals surface area contributed by atoms with Crippen molar-refractivity contribution in [2.75, 3.05) is 6.54 Å². The number of rotatable bonds is 7. The maximum Gasteiger partial charge on any atom is 0.264 e. The highest BCUT2D eigenvalue weighted by molar-refractivity contribution is 5.97. The normalized spacial score (nSPS) is 11.2. The Labute approximate surface area is 149 Å². The molecule has 2 aromatic rings. The van der Waals surface area contributed by atoms with Crippen LogP contribution in [0, 0.1) is 17.2 Å². The number of nitriles is 1. The number of carbonyl (C=O) groups excluding carboxylic acids is 1. The van der Waals surface area contributed by atoms with Gasteiger partial charge in [0.15, 0.2) is 0 Å². The number of nitrogens with zero attached hydrogens (tertiary/aromatic N) is 1. The first-order valence-corrected chi connectivity index (χ1v) is 8.36. The van der Waals surface area contributed by atoms with Crippen molar-refractivity contribution in [2.45, 2.75) is 19.9 Å². The Hall–Kier alpha value is -3.06. The average Bonchev–Trinajstić information content (AvgIpc) is 2.64. The molecule has 0 saturated heterocycles. The fourth-order valence-corrected chi connectivity index (χ4v) is 2.40. The summed E-state index contributed by atoms with van der Waals surface area (Å²) in [5.74, 6) is 0.0390. The number of hydrogen-bond donors (Lipinski definition) is 2. The molecule has 128 valence electrons. The van der Waals surface area contributed by atoms with E-state index in [0.29, 0.717) is 12.5 Å². The summed E-state index contributed by atoms with van der Waals surface area (Å²) in [5.41, 5.74) is 2.00. The molecular weight excluding hydrogens is 310 g/mol. The smallest absolute Gasteiger partial charge is 0.264 e. The van der Waals surface area contributed by atoms with Gasteiger partial charge in [0.1, 0.15) is 11.6 Å². The van der Waals surface area contributed by atoms with Crippen LogP contribution in [0.2, 0.25) is 0 Å². The summed E-state index contributed by atoms with van der Waals surface area (Å²) in [6, 6.07) is 21.1. The minimum Gasteiger partial charge on any atom is -0.389 e. The Morgan fingerprint density at radius 1 is 1.04 bits per heavy atom. The van der Waals surface area contributed by atoms with E-state index in [0.717, 1.165) is 11.1 Å². The number of amides is 1. The Morgan fingerprint density at radius 3 is 2.00 bits per heavy atom. The maximum atomic E-state index is 12.6. The number of carbonyl (C=O) groups is 1. The highest BCUT2D eigenvalue weighted by Crippen LogP contribution is 2.22. The van der Waals surface area contributed by atoms with Gasteiger partial charge in [0, 0.05) is 12.7 Å².